The van der Waals surface area contributed by atoms with E-state index < -0.39 is 0 Å². The lowest BCUT2D eigenvalue weighted by Gasteiger charge is -2.12. The Bertz CT molecular complexity index is 1200. The Balaban J connectivity index is 1.89. The normalized spacial score (nSPS) is 11.4. The molecule has 7 heteroatoms. The zero-order chi connectivity index (χ0) is 16.8. The van der Waals surface area contributed by atoms with Crippen molar-refractivity contribution < 1.29 is 0 Å². The van der Waals surface area contributed by atoms with Gasteiger partial charge in [0.25, 0.3) is 0 Å². The van der Waals surface area contributed by atoms with E-state index in [1.54, 1.807) is 10.8 Å². The molecule has 3 heterocycles. The van der Waals surface area contributed by atoms with E-state index in [1.807, 2.05) is 48.5 Å². The van der Waals surface area contributed by atoms with Crippen molar-refractivity contribution in [2.75, 3.05) is 5.73 Å². The number of fused-ring (bicyclic) bond motifs is 2. The molecule has 0 bridgehead atoms. The van der Waals surface area contributed by atoms with Gasteiger partial charge < -0.3 is 10.7 Å². The van der Waals surface area contributed by atoms with Gasteiger partial charge in [0.2, 0.25) is 5.95 Å². The van der Waals surface area contributed by atoms with E-state index in [1.165, 1.54) is 6.33 Å². The first-order valence-corrected chi connectivity index (χ1v) is 7.79. The maximum Gasteiger partial charge on any atom is 0.223 e. The number of hydrogen-bond acceptors (Lipinski definition) is 5. The Morgan fingerprint density at radius 1 is 0.960 bits per heavy atom. The molecule has 0 fully saturated rings. The first-order chi connectivity index (χ1) is 12.3. The zero-order valence-electron chi connectivity index (χ0n) is 13.1. The van der Waals surface area contributed by atoms with Crippen molar-refractivity contribution in [1.29, 1.82) is 0 Å². The predicted molar refractivity (Wildman–Crippen MR) is 95.7 cm³/mol. The number of nitrogen functional groups attached to an aromatic ring is 1. The lowest BCUT2D eigenvalue weighted by Crippen LogP contribution is -2.05. The SMILES string of the molecule is Nc1nc(-c2ccccc2)c(-c2ccc3nc[nH]c3c2)c2ncnn12. The van der Waals surface area contributed by atoms with Crippen molar-refractivity contribution in [2.24, 2.45) is 0 Å². The van der Waals surface area contributed by atoms with Crippen molar-refractivity contribution in [3.8, 4) is 22.4 Å². The third-order valence-electron chi connectivity index (χ3n) is 4.21. The summed E-state index contributed by atoms with van der Waals surface area (Å²) in [5, 5.41) is 4.19. The van der Waals surface area contributed by atoms with Crippen LogP contribution in [-0.4, -0.2) is 29.5 Å². The lowest BCUT2D eigenvalue weighted by molar-refractivity contribution is 0.942. The van der Waals surface area contributed by atoms with Crippen molar-refractivity contribution in [1.82, 2.24) is 29.5 Å². The number of aromatic nitrogens is 6. The number of nitrogens with one attached hydrogen (secondary N) is 1. The number of benzene rings is 2. The standard InChI is InChI=1S/C18H13N7/c19-18-24-16(11-4-2-1-3-5-11)15(17-22-10-23-25(17)18)12-6-7-13-14(8-12)21-9-20-13/h1-10H,(H2,19,24)(H,20,21). The second kappa shape index (κ2) is 5.13. The quantitative estimate of drug-likeness (QED) is 0.519. The highest BCUT2D eigenvalue weighted by molar-refractivity contribution is 5.93. The molecule has 0 spiro atoms. The monoisotopic (exact) mass is 327 g/mol. The summed E-state index contributed by atoms with van der Waals surface area (Å²) in [6.45, 7) is 0. The molecule has 5 aromatic rings. The number of nitrogens with zero attached hydrogens (tertiary/aromatic N) is 5. The Kier molecular flexibility index (Phi) is 2.81. The van der Waals surface area contributed by atoms with E-state index in [0.29, 0.717) is 11.6 Å². The molecule has 0 radical (unpaired) electrons. The molecule has 0 unspecified atom stereocenters. The number of H-pyrrole nitrogens is 1. The Hall–Kier alpha value is -3.74. The summed E-state index contributed by atoms with van der Waals surface area (Å²) in [5.41, 5.74) is 12.2. The van der Waals surface area contributed by atoms with Crippen LogP contribution in [0.5, 0.6) is 0 Å². The molecule has 0 saturated heterocycles. The summed E-state index contributed by atoms with van der Waals surface area (Å²) >= 11 is 0. The predicted octanol–water partition coefficient (Wildman–Crippen LogP) is 2.92. The average molecular weight is 327 g/mol. The largest absolute Gasteiger partial charge is 0.368 e. The van der Waals surface area contributed by atoms with Crippen LogP contribution in [0.1, 0.15) is 0 Å². The number of nitrogens with two attached hydrogens (primary N) is 1. The van der Waals surface area contributed by atoms with Gasteiger partial charge in [0.15, 0.2) is 5.65 Å². The second-order valence-electron chi connectivity index (χ2n) is 5.69. The molecule has 120 valence electrons. The number of hydrogen-bond donors (Lipinski definition) is 2. The first kappa shape index (κ1) is 13.7. The van der Waals surface area contributed by atoms with Crippen LogP contribution < -0.4 is 5.73 Å². The highest BCUT2D eigenvalue weighted by atomic mass is 15.3. The Labute approximate surface area is 142 Å². The van der Waals surface area contributed by atoms with Crippen LogP contribution in [0.3, 0.4) is 0 Å². The summed E-state index contributed by atoms with van der Waals surface area (Å²) in [5.74, 6) is 0.303. The van der Waals surface area contributed by atoms with Gasteiger partial charge >= 0.3 is 0 Å². The fourth-order valence-electron chi connectivity index (χ4n) is 3.07. The summed E-state index contributed by atoms with van der Waals surface area (Å²) in [7, 11) is 0. The summed E-state index contributed by atoms with van der Waals surface area (Å²) in [4.78, 5) is 16.4. The molecule has 0 atom stereocenters. The second-order valence-corrected chi connectivity index (χ2v) is 5.69. The molecular weight excluding hydrogens is 314 g/mol. The summed E-state index contributed by atoms with van der Waals surface area (Å²) in [6, 6.07) is 16.0. The van der Waals surface area contributed by atoms with E-state index in [-0.39, 0.29) is 0 Å². The van der Waals surface area contributed by atoms with E-state index in [0.717, 1.165) is 33.4 Å². The third kappa shape index (κ3) is 2.06. The molecular formula is C18H13N7. The molecule has 0 aliphatic rings. The van der Waals surface area contributed by atoms with E-state index >= 15 is 0 Å². The van der Waals surface area contributed by atoms with Crippen molar-refractivity contribution in [3.63, 3.8) is 0 Å². The van der Waals surface area contributed by atoms with Gasteiger partial charge in [-0.15, -0.1) is 0 Å². The molecule has 2 aromatic carbocycles. The van der Waals surface area contributed by atoms with E-state index in [9.17, 15) is 0 Å². The van der Waals surface area contributed by atoms with Crippen molar-refractivity contribution in [3.05, 3.63) is 61.2 Å². The summed E-state index contributed by atoms with van der Waals surface area (Å²) in [6.07, 6.45) is 3.17. The molecule has 0 saturated carbocycles. The van der Waals surface area contributed by atoms with Gasteiger partial charge in [-0.25, -0.2) is 15.0 Å². The first-order valence-electron chi connectivity index (χ1n) is 7.79. The lowest BCUT2D eigenvalue weighted by atomic mass is 9.99. The topological polar surface area (TPSA) is 97.8 Å². The minimum Gasteiger partial charge on any atom is -0.368 e. The van der Waals surface area contributed by atoms with Crippen LogP contribution in [0.25, 0.3) is 39.1 Å². The van der Waals surface area contributed by atoms with Crippen LogP contribution in [0.2, 0.25) is 0 Å². The van der Waals surface area contributed by atoms with E-state index in [4.69, 9.17) is 5.73 Å². The fourth-order valence-corrected chi connectivity index (χ4v) is 3.07. The van der Waals surface area contributed by atoms with Gasteiger partial charge in [0.05, 0.1) is 28.6 Å². The highest BCUT2D eigenvalue weighted by Gasteiger charge is 2.18. The number of rotatable bonds is 2. The van der Waals surface area contributed by atoms with Crippen molar-refractivity contribution >= 4 is 22.6 Å². The molecule has 5 rings (SSSR count). The van der Waals surface area contributed by atoms with Crippen LogP contribution in [0, 0.1) is 0 Å². The molecule has 0 aliphatic heterocycles. The van der Waals surface area contributed by atoms with Crippen LogP contribution in [-0.2, 0) is 0 Å². The highest BCUT2D eigenvalue weighted by Crippen LogP contribution is 2.35. The maximum atomic E-state index is 6.09. The number of imidazole rings is 1. The van der Waals surface area contributed by atoms with E-state index in [2.05, 4.69) is 25.0 Å². The number of anilines is 1. The van der Waals surface area contributed by atoms with Crippen LogP contribution in [0.15, 0.2) is 61.2 Å². The molecule has 7 nitrogen and oxygen atoms in total. The molecule has 0 amide bonds. The zero-order valence-corrected chi connectivity index (χ0v) is 13.1. The van der Waals surface area contributed by atoms with Gasteiger partial charge in [-0.05, 0) is 17.7 Å². The van der Waals surface area contributed by atoms with Gasteiger partial charge in [-0.3, -0.25) is 0 Å². The molecule has 3 aromatic heterocycles. The van der Waals surface area contributed by atoms with Crippen LogP contribution >= 0.6 is 0 Å². The molecule has 25 heavy (non-hydrogen) atoms. The van der Waals surface area contributed by atoms with Crippen molar-refractivity contribution in [2.45, 2.75) is 0 Å². The van der Waals surface area contributed by atoms with Gasteiger partial charge in [0.1, 0.15) is 6.33 Å². The maximum absolute atomic E-state index is 6.09. The van der Waals surface area contributed by atoms with Crippen LogP contribution in [0.4, 0.5) is 5.95 Å². The minimum absolute atomic E-state index is 0.303. The molecule has 0 aliphatic carbocycles. The van der Waals surface area contributed by atoms with Gasteiger partial charge in [-0.2, -0.15) is 9.61 Å². The fraction of sp³-hybridized carbons (Fsp3) is 0. The third-order valence-corrected chi connectivity index (χ3v) is 4.21. The van der Waals surface area contributed by atoms with Gasteiger partial charge in [0, 0.05) is 5.56 Å². The molecule has 3 N–H and O–H groups in total. The Morgan fingerprint density at radius 3 is 2.72 bits per heavy atom. The minimum atomic E-state index is 0.303. The summed E-state index contributed by atoms with van der Waals surface area (Å²) < 4.78 is 1.55. The van der Waals surface area contributed by atoms with Gasteiger partial charge in [-0.1, -0.05) is 36.4 Å². The Morgan fingerprint density at radius 2 is 1.84 bits per heavy atom. The number of aromatic amines is 1. The smallest absolute Gasteiger partial charge is 0.223 e. The average Bonchev–Trinajstić information content (AvgIpc) is 3.31.